The highest BCUT2D eigenvalue weighted by Crippen LogP contribution is 2.36. The Kier molecular flexibility index (Phi) is 11.2. The van der Waals surface area contributed by atoms with Crippen LogP contribution in [0.15, 0.2) is 60.8 Å². The highest BCUT2D eigenvalue weighted by Gasteiger charge is 2.37. The molecule has 1 atom stereocenters. The van der Waals surface area contributed by atoms with Crippen LogP contribution in [0.3, 0.4) is 0 Å². The van der Waals surface area contributed by atoms with E-state index in [9.17, 15) is 14.4 Å². The standard InChI is InChI=1S/C30H33Cl2N3O7/c1-18(2)28(37)41-17-40-26-24(39-6)15-16-33-25(26)27(36)34-19(3)29(38)42-35(5)30(4,20-7-11-22(31)12-8-20)21-9-13-23(32)14-10-21/h7-16,18-19H,17H2,1-6H3,(H,34,36). The SMILES string of the molecule is COc1ccnc(C(=O)NC(C)C(=O)ON(C)C(C)(c2ccc(Cl)cc2)c2ccc(Cl)cc2)c1OCOC(=O)C(C)C. The first kappa shape index (κ1) is 32.7. The molecule has 1 unspecified atom stereocenters. The number of aromatic nitrogens is 1. The van der Waals surface area contributed by atoms with E-state index in [1.54, 1.807) is 45.2 Å². The number of carbonyl (C=O) groups excluding carboxylic acids is 3. The molecular formula is C30H33Cl2N3O7. The first-order chi connectivity index (χ1) is 19.9. The number of rotatable bonds is 12. The molecule has 10 nitrogen and oxygen atoms in total. The molecule has 0 spiro atoms. The van der Waals surface area contributed by atoms with Crippen molar-refractivity contribution in [3.8, 4) is 11.5 Å². The Morgan fingerprint density at radius 3 is 1.98 bits per heavy atom. The zero-order chi connectivity index (χ0) is 31.0. The summed E-state index contributed by atoms with van der Waals surface area (Å²) in [6, 6.07) is 14.7. The van der Waals surface area contributed by atoms with Crippen LogP contribution in [0.4, 0.5) is 0 Å². The highest BCUT2D eigenvalue weighted by molar-refractivity contribution is 6.30. The van der Waals surface area contributed by atoms with Gasteiger partial charge in [0.2, 0.25) is 6.79 Å². The fourth-order valence-corrected chi connectivity index (χ4v) is 4.17. The van der Waals surface area contributed by atoms with Gasteiger partial charge in [0.05, 0.1) is 13.0 Å². The van der Waals surface area contributed by atoms with Gasteiger partial charge in [0.15, 0.2) is 17.2 Å². The second kappa shape index (κ2) is 14.4. The van der Waals surface area contributed by atoms with Gasteiger partial charge in [0, 0.05) is 29.4 Å². The fraction of sp³-hybridized carbons (Fsp3) is 0.333. The first-order valence-corrected chi connectivity index (χ1v) is 13.7. The molecule has 0 bridgehead atoms. The van der Waals surface area contributed by atoms with Crippen molar-refractivity contribution in [3.63, 3.8) is 0 Å². The van der Waals surface area contributed by atoms with E-state index in [1.807, 2.05) is 31.2 Å². The fourth-order valence-electron chi connectivity index (χ4n) is 3.91. The van der Waals surface area contributed by atoms with Crippen molar-refractivity contribution < 1.29 is 33.4 Å². The van der Waals surface area contributed by atoms with E-state index in [4.69, 9.17) is 42.3 Å². The number of hydrogen-bond donors (Lipinski definition) is 1. The Morgan fingerprint density at radius 1 is 0.929 bits per heavy atom. The Labute approximate surface area is 254 Å². The maximum absolute atomic E-state index is 13.2. The largest absolute Gasteiger partial charge is 0.493 e. The van der Waals surface area contributed by atoms with Gasteiger partial charge in [-0.1, -0.05) is 61.3 Å². The number of nitrogens with zero attached hydrogens (tertiary/aromatic N) is 2. The number of halogens is 2. The number of ether oxygens (including phenoxy) is 3. The minimum absolute atomic E-state index is 0.0511. The van der Waals surface area contributed by atoms with Crippen LogP contribution in [0, 0.1) is 5.92 Å². The van der Waals surface area contributed by atoms with Gasteiger partial charge in [0.1, 0.15) is 11.6 Å². The molecule has 0 aliphatic heterocycles. The molecule has 0 aliphatic rings. The number of hydroxylamine groups is 2. The molecule has 0 fully saturated rings. The Hall–Kier alpha value is -3.86. The van der Waals surface area contributed by atoms with Crippen LogP contribution in [-0.2, 0) is 24.7 Å². The molecule has 0 radical (unpaired) electrons. The van der Waals surface area contributed by atoms with Gasteiger partial charge >= 0.3 is 11.9 Å². The molecule has 12 heteroatoms. The zero-order valence-electron chi connectivity index (χ0n) is 24.1. The summed E-state index contributed by atoms with van der Waals surface area (Å²) in [6.07, 6.45) is 1.35. The second-order valence-electron chi connectivity index (χ2n) is 9.76. The van der Waals surface area contributed by atoms with E-state index in [2.05, 4.69) is 10.3 Å². The van der Waals surface area contributed by atoms with Gasteiger partial charge in [-0.2, -0.15) is 0 Å². The van der Waals surface area contributed by atoms with Gasteiger partial charge in [-0.15, -0.1) is 5.06 Å². The number of benzene rings is 2. The van der Waals surface area contributed by atoms with Crippen LogP contribution in [0.1, 0.15) is 49.3 Å². The van der Waals surface area contributed by atoms with Gasteiger partial charge in [-0.3, -0.25) is 9.59 Å². The summed E-state index contributed by atoms with van der Waals surface area (Å²) < 4.78 is 15.9. The monoisotopic (exact) mass is 617 g/mol. The molecule has 1 N–H and O–H groups in total. The van der Waals surface area contributed by atoms with Crippen LogP contribution in [0.2, 0.25) is 10.0 Å². The molecule has 224 valence electrons. The summed E-state index contributed by atoms with van der Waals surface area (Å²) in [7, 11) is 3.00. The molecule has 0 saturated heterocycles. The molecule has 0 saturated carbocycles. The number of pyridine rings is 1. The molecule has 1 heterocycles. The Bertz CT molecular complexity index is 1350. The smallest absolute Gasteiger partial charge is 0.347 e. The van der Waals surface area contributed by atoms with E-state index in [1.165, 1.54) is 31.4 Å². The van der Waals surface area contributed by atoms with Crippen LogP contribution in [0.5, 0.6) is 11.5 Å². The number of amides is 1. The number of hydrogen-bond acceptors (Lipinski definition) is 9. The van der Waals surface area contributed by atoms with E-state index >= 15 is 0 Å². The zero-order valence-corrected chi connectivity index (χ0v) is 25.7. The third-order valence-electron chi connectivity index (χ3n) is 6.55. The normalized spacial score (nSPS) is 12.0. The van der Waals surface area contributed by atoms with E-state index in [-0.39, 0.29) is 23.1 Å². The Morgan fingerprint density at radius 2 is 1.48 bits per heavy atom. The predicted octanol–water partition coefficient (Wildman–Crippen LogP) is 5.40. The number of esters is 1. The molecular weight excluding hydrogens is 585 g/mol. The van der Waals surface area contributed by atoms with E-state index < -0.39 is 36.2 Å². The van der Waals surface area contributed by atoms with Crippen molar-refractivity contribution in [1.29, 1.82) is 0 Å². The van der Waals surface area contributed by atoms with Crippen molar-refractivity contribution in [3.05, 3.63) is 87.7 Å². The molecule has 1 aromatic heterocycles. The Balaban J connectivity index is 1.78. The summed E-state index contributed by atoms with van der Waals surface area (Å²) in [6.45, 7) is 6.25. The van der Waals surface area contributed by atoms with Gasteiger partial charge in [-0.05, 0) is 49.2 Å². The summed E-state index contributed by atoms with van der Waals surface area (Å²) >= 11 is 12.2. The molecule has 3 rings (SSSR count). The molecule has 42 heavy (non-hydrogen) atoms. The number of carbonyl (C=O) groups is 3. The lowest BCUT2D eigenvalue weighted by atomic mass is 9.84. The molecule has 3 aromatic rings. The van der Waals surface area contributed by atoms with Gasteiger partial charge in [-0.25, -0.2) is 9.78 Å². The van der Waals surface area contributed by atoms with Crippen molar-refractivity contribution in [2.75, 3.05) is 21.0 Å². The highest BCUT2D eigenvalue weighted by atomic mass is 35.5. The van der Waals surface area contributed by atoms with E-state index in [0.717, 1.165) is 11.1 Å². The lowest BCUT2D eigenvalue weighted by molar-refractivity contribution is -0.207. The molecule has 1 amide bonds. The lowest BCUT2D eigenvalue weighted by Gasteiger charge is -2.38. The number of methoxy groups -OCH3 is 1. The van der Waals surface area contributed by atoms with Crippen LogP contribution in [0.25, 0.3) is 0 Å². The summed E-state index contributed by atoms with van der Waals surface area (Å²) in [5.41, 5.74) is 0.468. The third-order valence-corrected chi connectivity index (χ3v) is 7.05. The second-order valence-corrected chi connectivity index (χ2v) is 10.6. The topological polar surface area (TPSA) is 116 Å². The summed E-state index contributed by atoms with van der Waals surface area (Å²) in [4.78, 5) is 48.0. The average Bonchev–Trinajstić information content (AvgIpc) is 2.97. The molecule has 2 aromatic carbocycles. The van der Waals surface area contributed by atoms with Gasteiger partial charge in [0.25, 0.3) is 5.91 Å². The maximum atomic E-state index is 13.2. The van der Waals surface area contributed by atoms with Crippen molar-refractivity contribution >= 4 is 41.0 Å². The van der Waals surface area contributed by atoms with Gasteiger partial charge < -0.3 is 24.4 Å². The predicted molar refractivity (Wildman–Crippen MR) is 157 cm³/mol. The van der Waals surface area contributed by atoms with Crippen molar-refractivity contribution in [1.82, 2.24) is 15.4 Å². The van der Waals surface area contributed by atoms with Crippen LogP contribution < -0.4 is 14.8 Å². The maximum Gasteiger partial charge on any atom is 0.347 e. The quantitative estimate of drug-likeness (QED) is 0.162. The lowest BCUT2D eigenvalue weighted by Crippen LogP contribution is -2.48. The number of nitrogens with one attached hydrogen (secondary N) is 1. The molecule has 0 aliphatic carbocycles. The van der Waals surface area contributed by atoms with E-state index in [0.29, 0.717) is 10.0 Å². The minimum atomic E-state index is -1.10. The van der Waals surface area contributed by atoms with Crippen LogP contribution >= 0.6 is 23.2 Å². The van der Waals surface area contributed by atoms with Crippen molar-refractivity contribution in [2.24, 2.45) is 5.92 Å². The van der Waals surface area contributed by atoms with Crippen molar-refractivity contribution in [2.45, 2.75) is 39.3 Å². The first-order valence-electron chi connectivity index (χ1n) is 13.0. The average molecular weight is 619 g/mol. The summed E-state index contributed by atoms with van der Waals surface area (Å²) in [5, 5.41) is 5.10. The summed E-state index contributed by atoms with van der Waals surface area (Å²) in [5.74, 6) is -2.18. The third kappa shape index (κ3) is 7.70. The minimum Gasteiger partial charge on any atom is -0.493 e. The van der Waals surface area contributed by atoms with Crippen LogP contribution in [-0.4, -0.2) is 54.9 Å².